The van der Waals surface area contributed by atoms with Gasteiger partial charge >= 0.3 is 0 Å². The molecule has 3 heteroatoms. The van der Waals surface area contributed by atoms with Crippen LogP contribution < -0.4 is 5.73 Å². The van der Waals surface area contributed by atoms with Gasteiger partial charge in [-0.05, 0) is 26.2 Å². The lowest BCUT2D eigenvalue weighted by molar-refractivity contribution is -0.0396. The molecule has 0 aliphatic heterocycles. The predicted octanol–water partition coefficient (Wildman–Crippen LogP) is 1.27. The van der Waals surface area contributed by atoms with Gasteiger partial charge in [0.2, 0.25) is 0 Å². The maximum absolute atomic E-state index is 7.04. The van der Waals surface area contributed by atoms with Crippen molar-refractivity contribution in [1.82, 2.24) is 0 Å². The van der Waals surface area contributed by atoms with Crippen LogP contribution in [-0.4, -0.2) is 18.0 Å². The normalized spacial score (nSPS) is 20.8. The van der Waals surface area contributed by atoms with Crippen molar-refractivity contribution in [3.8, 4) is 0 Å². The number of amidine groups is 1. The van der Waals surface area contributed by atoms with Crippen LogP contribution in [0.1, 0.15) is 32.6 Å². The van der Waals surface area contributed by atoms with Crippen molar-refractivity contribution in [2.45, 2.75) is 44.8 Å². The van der Waals surface area contributed by atoms with E-state index < -0.39 is 0 Å². The van der Waals surface area contributed by atoms with E-state index in [-0.39, 0.29) is 11.9 Å². The van der Waals surface area contributed by atoms with Crippen LogP contribution in [0.25, 0.3) is 0 Å². The summed E-state index contributed by atoms with van der Waals surface area (Å²) in [5.74, 6) is 0.219. The molecule has 0 heterocycles. The molecule has 0 aromatic carbocycles. The SMILES string of the molecule is CC(CC(=N)N)OC1CCC1. The molecule has 0 aromatic heterocycles. The molecule has 0 aromatic rings. The van der Waals surface area contributed by atoms with E-state index in [4.69, 9.17) is 15.9 Å². The van der Waals surface area contributed by atoms with E-state index in [1.165, 1.54) is 19.3 Å². The summed E-state index contributed by atoms with van der Waals surface area (Å²) in [4.78, 5) is 0. The molecule has 1 aliphatic carbocycles. The van der Waals surface area contributed by atoms with Gasteiger partial charge in [0, 0.05) is 6.42 Å². The van der Waals surface area contributed by atoms with Crippen LogP contribution in [0, 0.1) is 5.41 Å². The van der Waals surface area contributed by atoms with Crippen LogP contribution in [0.3, 0.4) is 0 Å². The van der Waals surface area contributed by atoms with E-state index in [2.05, 4.69) is 0 Å². The molecular formula is C8H16N2O. The lowest BCUT2D eigenvalue weighted by Gasteiger charge is -2.28. The maximum Gasteiger partial charge on any atom is 0.0931 e. The average molecular weight is 156 g/mol. The van der Waals surface area contributed by atoms with Crippen LogP contribution in [0.4, 0.5) is 0 Å². The Morgan fingerprint density at radius 3 is 2.73 bits per heavy atom. The van der Waals surface area contributed by atoms with Gasteiger partial charge in [0.25, 0.3) is 0 Å². The van der Waals surface area contributed by atoms with Gasteiger partial charge in [-0.15, -0.1) is 0 Å². The first kappa shape index (κ1) is 8.53. The summed E-state index contributed by atoms with van der Waals surface area (Å²) in [5.41, 5.74) is 5.23. The topological polar surface area (TPSA) is 59.1 Å². The quantitative estimate of drug-likeness (QED) is 0.475. The van der Waals surface area contributed by atoms with E-state index in [9.17, 15) is 0 Å². The molecule has 3 N–H and O–H groups in total. The lowest BCUT2D eigenvalue weighted by atomic mass is 9.96. The van der Waals surface area contributed by atoms with Gasteiger partial charge in [0.1, 0.15) is 0 Å². The van der Waals surface area contributed by atoms with Gasteiger partial charge in [-0.2, -0.15) is 0 Å². The highest BCUT2D eigenvalue weighted by Crippen LogP contribution is 2.23. The van der Waals surface area contributed by atoms with Gasteiger partial charge in [-0.3, -0.25) is 5.41 Å². The van der Waals surface area contributed by atoms with Crippen LogP contribution in [0.5, 0.6) is 0 Å². The molecular weight excluding hydrogens is 140 g/mol. The van der Waals surface area contributed by atoms with Gasteiger partial charge in [0.05, 0.1) is 18.0 Å². The Morgan fingerprint density at radius 2 is 2.36 bits per heavy atom. The summed E-state index contributed by atoms with van der Waals surface area (Å²) in [6.45, 7) is 1.97. The summed E-state index contributed by atoms with van der Waals surface area (Å²) in [5, 5.41) is 7.04. The van der Waals surface area contributed by atoms with Crippen molar-refractivity contribution >= 4 is 5.84 Å². The second-order valence-corrected chi connectivity index (χ2v) is 3.23. The highest BCUT2D eigenvalue weighted by molar-refractivity contribution is 5.77. The molecule has 3 nitrogen and oxygen atoms in total. The first-order valence-corrected chi connectivity index (χ1v) is 4.17. The van der Waals surface area contributed by atoms with Gasteiger partial charge in [-0.1, -0.05) is 0 Å². The number of hydrogen-bond acceptors (Lipinski definition) is 2. The van der Waals surface area contributed by atoms with Crippen LogP contribution in [-0.2, 0) is 4.74 Å². The molecule has 1 saturated carbocycles. The molecule has 1 fully saturated rings. The molecule has 0 radical (unpaired) electrons. The highest BCUT2D eigenvalue weighted by atomic mass is 16.5. The van der Waals surface area contributed by atoms with Crippen molar-refractivity contribution in [3.63, 3.8) is 0 Å². The Kier molecular flexibility index (Phi) is 2.88. The molecule has 1 unspecified atom stereocenters. The molecule has 1 rings (SSSR count). The van der Waals surface area contributed by atoms with E-state index in [0.717, 1.165) is 0 Å². The van der Waals surface area contributed by atoms with Crippen LogP contribution in [0.2, 0.25) is 0 Å². The van der Waals surface area contributed by atoms with E-state index >= 15 is 0 Å². The van der Waals surface area contributed by atoms with Crippen LogP contribution in [0.15, 0.2) is 0 Å². The molecule has 0 spiro atoms. The van der Waals surface area contributed by atoms with Gasteiger partial charge in [0.15, 0.2) is 0 Å². The molecule has 0 saturated heterocycles. The fourth-order valence-electron chi connectivity index (χ4n) is 1.19. The summed E-state index contributed by atoms with van der Waals surface area (Å²) in [6.07, 6.45) is 4.79. The Morgan fingerprint density at radius 1 is 1.73 bits per heavy atom. The Labute approximate surface area is 67.4 Å². The largest absolute Gasteiger partial charge is 0.388 e. The number of ether oxygens (including phenoxy) is 1. The first-order chi connectivity index (χ1) is 5.18. The predicted molar refractivity (Wildman–Crippen MR) is 44.7 cm³/mol. The zero-order chi connectivity index (χ0) is 8.27. The molecule has 0 bridgehead atoms. The first-order valence-electron chi connectivity index (χ1n) is 4.17. The third kappa shape index (κ3) is 2.89. The molecule has 0 amide bonds. The summed E-state index contributed by atoms with van der Waals surface area (Å²) in [7, 11) is 0. The van der Waals surface area contributed by atoms with Crippen molar-refractivity contribution in [2.24, 2.45) is 5.73 Å². The zero-order valence-corrected chi connectivity index (χ0v) is 6.97. The Bertz CT molecular complexity index is 143. The summed E-state index contributed by atoms with van der Waals surface area (Å²) < 4.78 is 5.58. The smallest absolute Gasteiger partial charge is 0.0931 e. The van der Waals surface area contributed by atoms with Crippen molar-refractivity contribution in [3.05, 3.63) is 0 Å². The molecule has 1 aliphatic rings. The summed E-state index contributed by atoms with van der Waals surface area (Å²) >= 11 is 0. The van der Waals surface area contributed by atoms with Crippen molar-refractivity contribution in [1.29, 1.82) is 5.41 Å². The van der Waals surface area contributed by atoms with E-state index in [1.807, 2.05) is 6.92 Å². The summed E-state index contributed by atoms with van der Waals surface area (Å²) in [6, 6.07) is 0. The minimum absolute atomic E-state index is 0.123. The van der Waals surface area contributed by atoms with E-state index in [0.29, 0.717) is 12.5 Å². The van der Waals surface area contributed by atoms with Gasteiger partial charge < -0.3 is 10.5 Å². The zero-order valence-electron chi connectivity index (χ0n) is 6.97. The molecule has 64 valence electrons. The number of nitrogens with two attached hydrogens (primary N) is 1. The Balaban J connectivity index is 2.09. The second-order valence-electron chi connectivity index (χ2n) is 3.23. The minimum atomic E-state index is 0.123. The molecule has 11 heavy (non-hydrogen) atoms. The fourth-order valence-corrected chi connectivity index (χ4v) is 1.19. The average Bonchev–Trinajstić information content (AvgIpc) is 1.77. The fraction of sp³-hybridized carbons (Fsp3) is 0.875. The molecule has 1 atom stereocenters. The third-order valence-corrected chi connectivity index (χ3v) is 1.98. The number of hydrogen-bond donors (Lipinski definition) is 2. The van der Waals surface area contributed by atoms with E-state index in [1.54, 1.807) is 0 Å². The van der Waals surface area contributed by atoms with Crippen molar-refractivity contribution < 1.29 is 4.74 Å². The third-order valence-electron chi connectivity index (χ3n) is 1.98. The van der Waals surface area contributed by atoms with Crippen LogP contribution >= 0.6 is 0 Å². The second kappa shape index (κ2) is 3.72. The Hall–Kier alpha value is -0.570. The lowest BCUT2D eigenvalue weighted by Crippen LogP contribution is -2.29. The van der Waals surface area contributed by atoms with Crippen molar-refractivity contribution in [2.75, 3.05) is 0 Å². The monoisotopic (exact) mass is 156 g/mol. The highest BCUT2D eigenvalue weighted by Gasteiger charge is 2.20. The maximum atomic E-state index is 7.04. The minimum Gasteiger partial charge on any atom is -0.388 e. The standard InChI is InChI=1S/C8H16N2O/c1-6(5-8(9)10)11-7-3-2-4-7/h6-7H,2-5H2,1H3,(H3,9,10). The van der Waals surface area contributed by atoms with Gasteiger partial charge in [-0.25, -0.2) is 0 Å². The number of rotatable bonds is 4. The number of nitrogens with one attached hydrogen (secondary N) is 1.